The van der Waals surface area contributed by atoms with E-state index in [0.29, 0.717) is 12.5 Å². The summed E-state index contributed by atoms with van der Waals surface area (Å²) >= 11 is 0. The molecule has 2 aromatic rings. The number of aryl methyl sites for hydroxylation is 1. The number of hydrogen-bond acceptors (Lipinski definition) is 5. The van der Waals surface area contributed by atoms with Crippen LogP contribution < -0.4 is 5.73 Å². The van der Waals surface area contributed by atoms with Crippen molar-refractivity contribution in [1.29, 1.82) is 0 Å². The molecule has 1 aromatic carbocycles. The third-order valence-electron chi connectivity index (χ3n) is 3.66. The van der Waals surface area contributed by atoms with Gasteiger partial charge in [0.25, 0.3) is 0 Å². The van der Waals surface area contributed by atoms with E-state index in [9.17, 15) is 0 Å². The Morgan fingerprint density at radius 1 is 1.30 bits per heavy atom. The van der Waals surface area contributed by atoms with E-state index < -0.39 is 0 Å². The van der Waals surface area contributed by atoms with E-state index in [1.165, 1.54) is 5.56 Å². The highest BCUT2D eigenvalue weighted by atomic mass is 16.5. The molecule has 0 bridgehead atoms. The van der Waals surface area contributed by atoms with Crippen molar-refractivity contribution in [3.8, 4) is 0 Å². The first-order valence-corrected chi connectivity index (χ1v) is 7.03. The summed E-state index contributed by atoms with van der Waals surface area (Å²) in [6.45, 7) is 1.45. The first kappa shape index (κ1) is 13.3. The molecule has 0 spiro atoms. The van der Waals surface area contributed by atoms with Crippen molar-refractivity contribution in [2.45, 2.75) is 31.2 Å². The van der Waals surface area contributed by atoms with Gasteiger partial charge in [0.1, 0.15) is 0 Å². The minimum Gasteiger partial charge on any atom is -0.381 e. The summed E-state index contributed by atoms with van der Waals surface area (Å²) in [7, 11) is 0. The maximum atomic E-state index is 6.13. The van der Waals surface area contributed by atoms with Crippen LogP contribution in [-0.4, -0.2) is 23.4 Å². The first-order chi connectivity index (χ1) is 9.83. The third kappa shape index (κ3) is 3.05. The molecular formula is C15H19N3O2. The Hall–Kier alpha value is -1.72. The number of nitrogens with two attached hydrogens (primary N) is 1. The third-order valence-corrected chi connectivity index (χ3v) is 3.66. The number of aromatic nitrogens is 2. The van der Waals surface area contributed by atoms with Gasteiger partial charge in [0.2, 0.25) is 5.89 Å². The van der Waals surface area contributed by atoms with Gasteiger partial charge in [-0.05, 0) is 24.8 Å². The smallest absolute Gasteiger partial charge is 0.243 e. The summed E-state index contributed by atoms with van der Waals surface area (Å²) in [4.78, 5) is 4.42. The highest BCUT2D eigenvalue weighted by Gasteiger charge is 2.24. The van der Waals surface area contributed by atoms with Gasteiger partial charge in [0, 0.05) is 12.5 Å². The molecule has 5 nitrogen and oxygen atoms in total. The Labute approximate surface area is 118 Å². The Morgan fingerprint density at radius 3 is 2.90 bits per heavy atom. The maximum Gasteiger partial charge on any atom is 0.243 e. The summed E-state index contributed by atoms with van der Waals surface area (Å²) in [5.74, 6) is 1.52. The lowest BCUT2D eigenvalue weighted by molar-refractivity contribution is 0.192. The molecule has 106 valence electrons. The quantitative estimate of drug-likeness (QED) is 0.904. The Bertz CT molecular complexity index is 535. The molecule has 1 fully saturated rings. The molecular weight excluding hydrogens is 254 g/mol. The van der Waals surface area contributed by atoms with Crippen molar-refractivity contribution in [3.63, 3.8) is 0 Å². The number of nitrogens with zero attached hydrogens (tertiary/aromatic N) is 2. The minimum atomic E-state index is -0.209. The summed E-state index contributed by atoms with van der Waals surface area (Å²) in [6, 6.07) is 10.1. The van der Waals surface area contributed by atoms with Crippen LogP contribution in [0.2, 0.25) is 0 Å². The molecule has 0 radical (unpaired) electrons. The lowest BCUT2D eigenvalue weighted by atomic mass is 10.1. The highest BCUT2D eigenvalue weighted by Crippen LogP contribution is 2.24. The first-order valence-electron chi connectivity index (χ1n) is 7.03. The van der Waals surface area contributed by atoms with Gasteiger partial charge >= 0.3 is 0 Å². The van der Waals surface area contributed by atoms with E-state index in [1.54, 1.807) is 0 Å². The van der Waals surface area contributed by atoms with E-state index in [2.05, 4.69) is 22.3 Å². The van der Waals surface area contributed by atoms with Crippen LogP contribution in [0.25, 0.3) is 0 Å². The second-order valence-corrected chi connectivity index (χ2v) is 5.18. The Kier molecular flexibility index (Phi) is 4.08. The molecule has 1 saturated heterocycles. The average Bonchev–Trinajstić information content (AvgIpc) is 3.16. The summed E-state index contributed by atoms with van der Waals surface area (Å²) in [5, 5.41) is 4.03. The fourth-order valence-corrected chi connectivity index (χ4v) is 2.39. The van der Waals surface area contributed by atoms with Crippen molar-refractivity contribution in [1.82, 2.24) is 10.1 Å². The zero-order valence-corrected chi connectivity index (χ0v) is 11.4. The molecule has 1 aromatic heterocycles. The normalized spacial score (nSPS) is 20.1. The van der Waals surface area contributed by atoms with E-state index in [-0.39, 0.29) is 12.0 Å². The maximum absolute atomic E-state index is 6.13. The Balaban J connectivity index is 1.58. The van der Waals surface area contributed by atoms with Gasteiger partial charge in [0.15, 0.2) is 5.82 Å². The fourth-order valence-electron chi connectivity index (χ4n) is 2.39. The minimum absolute atomic E-state index is 0.209. The predicted octanol–water partition coefficient (Wildman–Crippen LogP) is 2.21. The fraction of sp³-hybridized carbons (Fsp3) is 0.467. The van der Waals surface area contributed by atoms with Crippen LogP contribution in [0.4, 0.5) is 0 Å². The molecule has 1 aliphatic heterocycles. The zero-order valence-electron chi connectivity index (χ0n) is 11.4. The van der Waals surface area contributed by atoms with Crippen molar-refractivity contribution in [3.05, 3.63) is 47.6 Å². The molecule has 0 aliphatic carbocycles. The summed E-state index contributed by atoms with van der Waals surface area (Å²) < 4.78 is 10.6. The van der Waals surface area contributed by atoms with Crippen molar-refractivity contribution >= 4 is 0 Å². The Morgan fingerprint density at radius 2 is 2.15 bits per heavy atom. The van der Waals surface area contributed by atoms with Gasteiger partial charge in [-0.25, -0.2) is 0 Å². The van der Waals surface area contributed by atoms with Gasteiger partial charge in [-0.1, -0.05) is 35.5 Å². The highest BCUT2D eigenvalue weighted by molar-refractivity contribution is 5.15. The molecule has 1 aliphatic rings. The monoisotopic (exact) mass is 273 g/mol. The largest absolute Gasteiger partial charge is 0.381 e. The van der Waals surface area contributed by atoms with Crippen molar-refractivity contribution in [2.75, 3.05) is 13.2 Å². The van der Waals surface area contributed by atoms with Crippen molar-refractivity contribution in [2.24, 2.45) is 5.73 Å². The van der Waals surface area contributed by atoms with Crippen LogP contribution >= 0.6 is 0 Å². The van der Waals surface area contributed by atoms with Crippen LogP contribution in [0, 0.1) is 0 Å². The molecule has 2 heterocycles. The number of ether oxygens (including phenoxy) is 1. The van der Waals surface area contributed by atoms with Gasteiger partial charge < -0.3 is 15.0 Å². The van der Waals surface area contributed by atoms with Gasteiger partial charge in [-0.2, -0.15) is 4.98 Å². The molecule has 2 unspecified atom stereocenters. The molecule has 2 N–H and O–H groups in total. The lowest BCUT2D eigenvalue weighted by Crippen LogP contribution is -2.12. The SMILES string of the molecule is NC(CCc1ccccc1)c1nc(C2CCOC2)no1. The summed E-state index contributed by atoms with van der Waals surface area (Å²) in [5.41, 5.74) is 7.40. The predicted molar refractivity (Wildman–Crippen MR) is 74.2 cm³/mol. The number of benzene rings is 1. The molecule has 5 heteroatoms. The van der Waals surface area contributed by atoms with E-state index in [0.717, 1.165) is 31.7 Å². The van der Waals surface area contributed by atoms with Gasteiger partial charge in [-0.15, -0.1) is 0 Å². The zero-order chi connectivity index (χ0) is 13.8. The number of rotatable bonds is 5. The molecule has 20 heavy (non-hydrogen) atoms. The van der Waals surface area contributed by atoms with Crippen LogP contribution in [0.3, 0.4) is 0 Å². The standard InChI is InChI=1S/C15H19N3O2/c16-13(7-6-11-4-2-1-3-5-11)15-17-14(18-20-15)12-8-9-19-10-12/h1-5,12-13H,6-10,16H2. The van der Waals surface area contributed by atoms with Crippen LogP contribution in [-0.2, 0) is 11.2 Å². The number of hydrogen-bond donors (Lipinski definition) is 1. The second kappa shape index (κ2) is 6.15. The van der Waals surface area contributed by atoms with E-state index in [1.807, 2.05) is 18.2 Å². The van der Waals surface area contributed by atoms with Crippen LogP contribution in [0.1, 0.15) is 42.1 Å². The van der Waals surface area contributed by atoms with Gasteiger partial charge in [0.05, 0.1) is 12.6 Å². The molecule has 0 amide bonds. The molecule has 2 atom stereocenters. The van der Waals surface area contributed by atoms with E-state index >= 15 is 0 Å². The molecule has 3 rings (SSSR count). The molecule has 0 saturated carbocycles. The topological polar surface area (TPSA) is 74.2 Å². The second-order valence-electron chi connectivity index (χ2n) is 5.18. The summed E-state index contributed by atoms with van der Waals surface area (Å²) in [6.07, 6.45) is 2.66. The van der Waals surface area contributed by atoms with Crippen molar-refractivity contribution < 1.29 is 9.26 Å². The average molecular weight is 273 g/mol. The lowest BCUT2D eigenvalue weighted by Gasteiger charge is -2.06. The van der Waals surface area contributed by atoms with Crippen LogP contribution in [0.5, 0.6) is 0 Å². The van der Waals surface area contributed by atoms with Gasteiger partial charge in [-0.3, -0.25) is 0 Å². The van der Waals surface area contributed by atoms with E-state index in [4.69, 9.17) is 15.0 Å². The van der Waals surface area contributed by atoms with Crippen LogP contribution in [0.15, 0.2) is 34.9 Å².